The van der Waals surface area contributed by atoms with Crippen LogP contribution in [0.4, 0.5) is 5.69 Å². The van der Waals surface area contributed by atoms with Crippen molar-refractivity contribution in [2.45, 2.75) is 0 Å². The van der Waals surface area contributed by atoms with E-state index in [4.69, 9.17) is 0 Å². The van der Waals surface area contributed by atoms with Crippen LogP contribution < -0.4 is 0 Å². The molecule has 78 valence electrons. The Kier molecular flexibility index (Phi) is 4.87. The molecule has 0 saturated heterocycles. The van der Waals surface area contributed by atoms with Gasteiger partial charge in [0.05, 0.1) is 18.8 Å². The molecular weight excluding hydrogens is 186 g/mol. The molecule has 0 unspecified atom stereocenters. The van der Waals surface area contributed by atoms with Crippen molar-refractivity contribution >= 4 is 5.69 Å². The zero-order chi connectivity index (χ0) is 10.9. The van der Waals surface area contributed by atoms with Gasteiger partial charge in [0.15, 0.2) is 0 Å². The van der Waals surface area contributed by atoms with E-state index >= 15 is 0 Å². The summed E-state index contributed by atoms with van der Waals surface area (Å²) in [7, 11) is 0. The minimum atomic E-state index is 0.669. The van der Waals surface area contributed by atoms with Gasteiger partial charge < -0.3 is 0 Å². The predicted octanol–water partition coefficient (Wildman–Crippen LogP) is 3.36. The average Bonchev–Trinajstić information content (AvgIpc) is 2.28. The van der Waals surface area contributed by atoms with E-state index in [0.717, 1.165) is 5.69 Å². The third-order valence-electron chi connectivity index (χ3n) is 1.72. The molecule has 1 rings (SSSR count). The highest BCUT2D eigenvalue weighted by Gasteiger charge is 1.94. The Morgan fingerprint density at radius 1 is 1.07 bits per heavy atom. The van der Waals surface area contributed by atoms with E-state index < -0.39 is 0 Å². The Morgan fingerprint density at radius 2 is 1.67 bits per heavy atom. The van der Waals surface area contributed by atoms with Crippen LogP contribution in [0.25, 0.3) is 0 Å². The lowest BCUT2D eigenvalue weighted by Gasteiger charge is -2.11. The van der Waals surface area contributed by atoms with Crippen molar-refractivity contribution in [3.05, 3.63) is 55.6 Å². The van der Waals surface area contributed by atoms with Gasteiger partial charge in [-0.2, -0.15) is 0 Å². The summed E-state index contributed by atoms with van der Waals surface area (Å²) in [6.45, 7) is 8.66. The molecule has 0 atom stereocenters. The molecule has 1 aromatic rings. The van der Waals surface area contributed by atoms with Crippen LogP contribution in [0.15, 0.2) is 66.0 Å². The Hall–Kier alpha value is -1.90. The second-order valence-corrected chi connectivity index (χ2v) is 2.97. The fourth-order valence-electron chi connectivity index (χ4n) is 1.06. The van der Waals surface area contributed by atoms with Crippen molar-refractivity contribution < 1.29 is 0 Å². The SMILES string of the molecule is C=CCN(CC=C)/N=N/c1ccccc1. The summed E-state index contributed by atoms with van der Waals surface area (Å²) in [5.74, 6) is 0. The molecule has 0 aliphatic heterocycles. The first-order chi connectivity index (χ1) is 7.36. The van der Waals surface area contributed by atoms with Crippen molar-refractivity contribution in [1.82, 2.24) is 5.01 Å². The summed E-state index contributed by atoms with van der Waals surface area (Å²) >= 11 is 0. The van der Waals surface area contributed by atoms with Gasteiger partial charge >= 0.3 is 0 Å². The molecular formula is C12H15N3. The van der Waals surface area contributed by atoms with Gasteiger partial charge in [-0.1, -0.05) is 35.6 Å². The maximum atomic E-state index is 4.10. The van der Waals surface area contributed by atoms with Crippen LogP contribution in [0.3, 0.4) is 0 Å². The molecule has 0 aliphatic rings. The highest BCUT2D eigenvalue weighted by molar-refractivity contribution is 5.34. The van der Waals surface area contributed by atoms with Crippen LogP contribution in [0.2, 0.25) is 0 Å². The van der Waals surface area contributed by atoms with Gasteiger partial charge in [0.25, 0.3) is 0 Å². The normalized spacial score (nSPS) is 10.1. The number of nitrogens with zero attached hydrogens (tertiary/aromatic N) is 3. The smallest absolute Gasteiger partial charge is 0.0874 e. The zero-order valence-electron chi connectivity index (χ0n) is 8.71. The number of hydrogen-bond donors (Lipinski definition) is 0. The van der Waals surface area contributed by atoms with E-state index in [1.54, 1.807) is 17.2 Å². The molecule has 0 aromatic heterocycles. The van der Waals surface area contributed by atoms with E-state index in [-0.39, 0.29) is 0 Å². The molecule has 0 aliphatic carbocycles. The first-order valence-electron chi connectivity index (χ1n) is 4.80. The van der Waals surface area contributed by atoms with E-state index in [0.29, 0.717) is 13.1 Å². The Morgan fingerprint density at radius 3 is 2.20 bits per heavy atom. The molecule has 0 heterocycles. The third-order valence-corrected chi connectivity index (χ3v) is 1.72. The third kappa shape index (κ3) is 4.22. The minimum Gasteiger partial charge on any atom is -0.271 e. The van der Waals surface area contributed by atoms with Gasteiger partial charge in [0.2, 0.25) is 0 Å². The first-order valence-corrected chi connectivity index (χ1v) is 4.80. The van der Waals surface area contributed by atoms with Crippen LogP contribution >= 0.6 is 0 Å². The quantitative estimate of drug-likeness (QED) is 0.394. The first kappa shape index (κ1) is 11.2. The molecule has 3 nitrogen and oxygen atoms in total. The van der Waals surface area contributed by atoms with E-state index in [1.807, 2.05) is 30.3 Å². The lowest BCUT2D eigenvalue weighted by molar-refractivity contribution is 0.333. The van der Waals surface area contributed by atoms with Crippen molar-refractivity contribution in [3.63, 3.8) is 0 Å². The van der Waals surface area contributed by atoms with E-state index in [9.17, 15) is 0 Å². The maximum Gasteiger partial charge on any atom is 0.0874 e. The molecule has 0 radical (unpaired) electrons. The zero-order valence-corrected chi connectivity index (χ0v) is 8.71. The number of benzene rings is 1. The fraction of sp³-hybridized carbons (Fsp3) is 0.167. The topological polar surface area (TPSA) is 28.0 Å². The summed E-state index contributed by atoms with van der Waals surface area (Å²) < 4.78 is 0. The minimum absolute atomic E-state index is 0.669. The summed E-state index contributed by atoms with van der Waals surface area (Å²) in [6.07, 6.45) is 3.57. The average molecular weight is 201 g/mol. The predicted molar refractivity (Wildman–Crippen MR) is 62.9 cm³/mol. The second kappa shape index (κ2) is 6.54. The van der Waals surface area contributed by atoms with Gasteiger partial charge in [-0.25, -0.2) is 0 Å². The molecule has 0 fully saturated rings. The van der Waals surface area contributed by atoms with E-state index in [1.165, 1.54) is 0 Å². The maximum absolute atomic E-state index is 4.10. The van der Waals surface area contributed by atoms with Crippen LogP contribution in [-0.4, -0.2) is 18.1 Å². The highest BCUT2D eigenvalue weighted by Crippen LogP contribution is 2.10. The van der Waals surface area contributed by atoms with Crippen LogP contribution in [0.1, 0.15) is 0 Å². The fourth-order valence-corrected chi connectivity index (χ4v) is 1.06. The van der Waals surface area contributed by atoms with Crippen molar-refractivity contribution in [3.8, 4) is 0 Å². The van der Waals surface area contributed by atoms with Crippen molar-refractivity contribution in [1.29, 1.82) is 0 Å². The lowest BCUT2D eigenvalue weighted by Crippen LogP contribution is -2.16. The monoisotopic (exact) mass is 201 g/mol. The molecule has 0 amide bonds. The van der Waals surface area contributed by atoms with Crippen LogP contribution in [-0.2, 0) is 0 Å². The van der Waals surface area contributed by atoms with Gasteiger partial charge in [0, 0.05) is 0 Å². The van der Waals surface area contributed by atoms with Gasteiger partial charge in [0.1, 0.15) is 0 Å². The highest BCUT2D eigenvalue weighted by atomic mass is 15.5. The largest absolute Gasteiger partial charge is 0.271 e. The second-order valence-electron chi connectivity index (χ2n) is 2.97. The van der Waals surface area contributed by atoms with Gasteiger partial charge in [-0.3, -0.25) is 5.01 Å². The summed E-state index contributed by atoms with van der Waals surface area (Å²) in [5, 5.41) is 9.97. The number of rotatable bonds is 6. The molecule has 0 N–H and O–H groups in total. The van der Waals surface area contributed by atoms with Crippen molar-refractivity contribution in [2.75, 3.05) is 13.1 Å². The summed E-state index contributed by atoms with van der Waals surface area (Å²) in [5.41, 5.74) is 0.843. The van der Waals surface area contributed by atoms with E-state index in [2.05, 4.69) is 23.5 Å². The number of hydrogen-bond acceptors (Lipinski definition) is 2. The van der Waals surface area contributed by atoms with Gasteiger partial charge in [-0.05, 0) is 12.1 Å². The van der Waals surface area contributed by atoms with Crippen LogP contribution in [0.5, 0.6) is 0 Å². The Bertz CT molecular complexity index is 320. The van der Waals surface area contributed by atoms with Crippen molar-refractivity contribution in [2.24, 2.45) is 10.3 Å². The summed E-state index contributed by atoms with van der Waals surface area (Å²) in [6, 6.07) is 9.62. The Labute approximate surface area is 90.4 Å². The molecule has 0 saturated carbocycles. The van der Waals surface area contributed by atoms with Gasteiger partial charge in [-0.15, -0.1) is 18.3 Å². The summed E-state index contributed by atoms with van der Waals surface area (Å²) in [4.78, 5) is 0. The molecule has 15 heavy (non-hydrogen) atoms. The molecule has 3 heteroatoms. The van der Waals surface area contributed by atoms with Crippen LogP contribution in [0, 0.1) is 0 Å². The molecule has 0 bridgehead atoms. The lowest BCUT2D eigenvalue weighted by atomic mass is 10.3. The molecule has 1 aromatic carbocycles. The standard InChI is InChI=1S/C12H15N3/c1-3-10-15(11-4-2)14-13-12-8-6-5-7-9-12/h3-9H,1-2,10-11H2/b14-13+. The molecule has 0 spiro atoms. The Balaban J connectivity index is 2.60.